The van der Waals surface area contributed by atoms with Crippen molar-refractivity contribution in [1.29, 1.82) is 0 Å². The molecule has 5 nitrogen and oxygen atoms in total. The van der Waals surface area contributed by atoms with Gasteiger partial charge in [-0.3, -0.25) is 4.79 Å². The van der Waals surface area contributed by atoms with Crippen LogP contribution in [-0.2, 0) is 0 Å². The van der Waals surface area contributed by atoms with Crippen LogP contribution in [0.2, 0.25) is 0 Å². The number of methoxy groups -OCH3 is 1. The third-order valence-electron chi connectivity index (χ3n) is 3.75. The van der Waals surface area contributed by atoms with Crippen LogP contribution in [-0.4, -0.2) is 43.7 Å². The van der Waals surface area contributed by atoms with E-state index in [9.17, 15) is 4.79 Å². The van der Waals surface area contributed by atoms with Crippen LogP contribution in [0.4, 0.5) is 0 Å². The standard InChI is InChI=1S/C16H23BrN2O3.ClH/c1-3-8-22-15-13(17)9-11(10-14(15)21-2)16(20)19-6-4-12(18)5-7-19;/h9-10,12H,3-8,18H2,1-2H3;1H. The Hall–Kier alpha value is -0.980. The molecule has 1 fully saturated rings. The zero-order chi connectivity index (χ0) is 16.1. The number of piperidine rings is 1. The maximum atomic E-state index is 12.6. The van der Waals surface area contributed by atoms with Crippen LogP contribution in [0.25, 0.3) is 0 Å². The number of likely N-dealkylation sites (tertiary alicyclic amines) is 1. The number of halogens is 2. The second-order valence-electron chi connectivity index (χ2n) is 5.47. The van der Waals surface area contributed by atoms with E-state index in [0.29, 0.717) is 36.8 Å². The Labute approximate surface area is 152 Å². The highest BCUT2D eigenvalue weighted by atomic mass is 79.9. The molecule has 0 aliphatic carbocycles. The van der Waals surface area contributed by atoms with Crippen molar-refractivity contribution in [3.63, 3.8) is 0 Å². The first-order chi connectivity index (χ1) is 10.6. The molecule has 23 heavy (non-hydrogen) atoms. The van der Waals surface area contributed by atoms with Gasteiger partial charge in [0.15, 0.2) is 11.5 Å². The van der Waals surface area contributed by atoms with Gasteiger partial charge in [-0.15, -0.1) is 12.4 Å². The van der Waals surface area contributed by atoms with E-state index in [-0.39, 0.29) is 24.4 Å². The minimum atomic E-state index is 0. The molecule has 1 amide bonds. The zero-order valence-electron chi connectivity index (χ0n) is 13.5. The van der Waals surface area contributed by atoms with Crippen LogP contribution >= 0.6 is 28.3 Å². The minimum absolute atomic E-state index is 0. The van der Waals surface area contributed by atoms with Gasteiger partial charge in [-0.1, -0.05) is 6.92 Å². The van der Waals surface area contributed by atoms with Crippen molar-refractivity contribution in [3.8, 4) is 11.5 Å². The molecule has 1 aromatic rings. The van der Waals surface area contributed by atoms with Gasteiger partial charge in [-0.25, -0.2) is 0 Å². The van der Waals surface area contributed by atoms with Crippen molar-refractivity contribution in [2.24, 2.45) is 5.73 Å². The fourth-order valence-corrected chi connectivity index (χ4v) is 3.03. The highest BCUT2D eigenvalue weighted by Gasteiger charge is 2.23. The van der Waals surface area contributed by atoms with Crippen LogP contribution in [0.15, 0.2) is 16.6 Å². The number of rotatable bonds is 5. The van der Waals surface area contributed by atoms with Gasteiger partial charge in [0.05, 0.1) is 18.2 Å². The average Bonchev–Trinajstić information content (AvgIpc) is 2.53. The summed E-state index contributed by atoms with van der Waals surface area (Å²) in [7, 11) is 1.58. The highest BCUT2D eigenvalue weighted by molar-refractivity contribution is 9.10. The maximum absolute atomic E-state index is 12.6. The van der Waals surface area contributed by atoms with E-state index in [1.165, 1.54) is 0 Å². The second-order valence-corrected chi connectivity index (χ2v) is 6.32. The SMILES string of the molecule is CCCOc1c(Br)cc(C(=O)N2CCC(N)CC2)cc1OC.Cl. The predicted octanol–water partition coefficient (Wildman–Crippen LogP) is 3.23. The molecule has 0 radical (unpaired) electrons. The fraction of sp³-hybridized carbons (Fsp3) is 0.562. The molecule has 2 rings (SSSR count). The van der Waals surface area contributed by atoms with Crippen molar-refractivity contribution < 1.29 is 14.3 Å². The van der Waals surface area contributed by atoms with Gasteiger partial charge >= 0.3 is 0 Å². The molecule has 0 bridgehead atoms. The van der Waals surface area contributed by atoms with Crippen molar-refractivity contribution in [2.45, 2.75) is 32.2 Å². The summed E-state index contributed by atoms with van der Waals surface area (Å²) in [4.78, 5) is 14.5. The summed E-state index contributed by atoms with van der Waals surface area (Å²) in [5.74, 6) is 1.22. The summed E-state index contributed by atoms with van der Waals surface area (Å²) in [6, 6.07) is 3.74. The number of ether oxygens (including phenoxy) is 2. The second kappa shape index (κ2) is 9.35. The van der Waals surface area contributed by atoms with Gasteiger partial charge in [0, 0.05) is 24.7 Å². The van der Waals surface area contributed by atoms with E-state index >= 15 is 0 Å². The highest BCUT2D eigenvalue weighted by Crippen LogP contribution is 2.37. The van der Waals surface area contributed by atoms with E-state index in [0.717, 1.165) is 23.7 Å². The minimum Gasteiger partial charge on any atom is -0.493 e. The fourth-order valence-electron chi connectivity index (χ4n) is 2.47. The molecule has 0 unspecified atom stereocenters. The molecule has 1 heterocycles. The van der Waals surface area contributed by atoms with Crippen LogP contribution in [0.1, 0.15) is 36.5 Å². The predicted molar refractivity (Wildman–Crippen MR) is 96.8 cm³/mol. The molecular formula is C16H24BrClN2O3. The third kappa shape index (κ3) is 4.99. The lowest BCUT2D eigenvalue weighted by Crippen LogP contribution is -2.42. The number of carbonyl (C=O) groups is 1. The number of carbonyl (C=O) groups excluding carboxylic acids is 1. The molecule has 130 valence electrons. The Bertz CT molecular complexity index is 534. The summed E-state index contributed by atoms with van der Waals surface area (Å²) in [6.07, 6.45) is 2.60. The summed E-state index contributed by atoms with van der Waals surface area (Å²) in [5.41, 5.74) is 6.49. The summed E-state index contributed by atoms with van der Waals surface area (Å²) >= 11 is 3.48. The third-order valence-corrected chi connectivity index (χ3v) is 4.34. The lowest BCUT2D eigenvalue weighted by Gasteiger charge is -2.30. The van der Waals surface area contributed by atoms with Crippen molar-refractivity contribution in [3.05, 3.63) is 22.2 Å². The number of benzene rings is 1. The molecule has 2 N–H and O–H groups in total. The number of hydrogen-bond donors (Lipinski definition) is 1. The monoisotopic (exact) mass is 406 g/mol. The van der Waals surface area contributed by atoms with E-state index < -0.39 is 0 Å². The summed E-state index contributed by atoms with van der Waals surface area (Å²) < 4.78 is 11.8. The molecule has 1 aromatic carbocycles. The Morgan fingerprint density at radius 1 is 1.39 bits per heavy atom. The topological polar surface area (TPSA) is 64.8 Å². The molecule has 7 heteroatoms. The number of nitrogens with two attached hydrogens (primary N) is 1. The van der Waals surface area contributed by atoms with Gasteiger partial charge in [0.1, 0.15) is 0 Å². The van der Waals surface area contributed by atoms with Crippen LogP contribution in [0.3, 0.4) is 0 Å². The largest absolute Gasteiger partial charge is 0.493 e. The van der Waals surface area contributed by atoms with Crippen molar-refractivity contribution in [2.75, 3.05) is 26.8 Å². The van der Waals surface area contributed by atoms with Crippen LogP contribution in [0.5, 0.6) is 11.5 Å². The van der Waals surface area contributed by atoms with E-state index in [1.54, 1.807) is 19.2 Å². The molecule has 0 saturated carbocycles. The number of nitrogens with zero attached hydrogens (tertiary/aromatic N) is 1. The van der Waals surface area contributed by atoms with Gasteiger partial charge in [0.25, 0.3) is 5.91 Å². The summed E-state index contributed by atoms with van der Waals surface area (Å²) in [5, 5.41) is 0. The van der Waals surface area contributed by atoms with Gasteiger partial charge in [0.2, 0.25) is 0 Å². The lowest BCUT2D eigenvalue weighted by molar-refractivity contribution is 0.0714. The molecule has 1 aliphatic heterocycles. The maximum Gasteiger partial charge on any atom is 0.254 e. The first kappa shape index (κ1) is 20.1. The van der Waals surface area contributed by atoms with Crippen molar-refractivity contribution >= 4 is 34.2 Å². The molecule has 1 aliphatic rings. The molecule has 1 saturated heterocycles. The zero-order valence-corrected chi connectivity index (χ0v) is 15.9. The van der Waals surface area contributed by atoms with Gasteiger partial charge < -0.3 is 20.1 Å². The molecular weight excluding hydrogens is 384 g/mol. The Kier molecular flexibility index (Phi) is 8.16. The van der Waals surface area contributed by atoms with E-state index in [1.807, 2.05) is 11.8 Å². The molecule has 0 spiro atoms. The lowest BCUT2D eigenvalue weighted by atomic mass is 10.0. The van der Waals surface area contributed by atoms with Crippen LogP contribution < -0.4 is 15.2 Å². The number of amides is 1. The van der Waals surface area contributed by atoms with E-state index in [4.69, 9.17) is 15.2 Å². The Balaban J connectivity index is 0.00000264. The van der Waals surface area contributed by atoms with Crippen molar-refractivity contribution in [1.82, 2.24) is 4.90 Å². The normalized spacial score (nSPS) is 15.0. The van der Waals surface area contributed by atoms with Gasteiger partial charge in [-0.05, 0) is 47.3 Å². The Morgan fingerprint density at radius 2 is 2.04 bits per heavy atom. The Morgan fingerprint density at radius 3 is 2.61 bits per heavy atom. The first-order valence-corrected chi connectivity index (χ1v) is 8.41. The van der Waals surface area contributed by atoms with E-state index in [2.05, 4.69) is 15.9 Å². The van der Waals surface area contributed by atoms with Crippen LogP contribution in [0, 0.1) is 0 Å². The molecule has 0 aromatic heterocycles. The van der Waals surface area contributed by atoms with Gasteiger partial charge in [-0.2, -0.15) is 0 Å². The molecule has 0 atom stereocenters. The first-order valence-electron chi connectivity index (χ1n) is 7.62. The smallest absolute Gasteiger partial charge is 0.254 e. The quantitative estimate of drug-likeness (QED) is 0.814. The summed E-state index contributed by atoms with van der Waals surface area (Å²) in [6.45, 7) is 4.05. The number of hydrogen-bond acceptors (Lipinski definition) is 4. The average molecular weight is 408 g/mol.